The summed E-state index contributed by atoms with van der Waals surface area (Å²) < 4.78 is 11.1. The van der Waals surface area contributed by atoms with E-state index in [4.69, 9.17) is 9.26 Å². The van der Waals surface area contributed by atoms with Crippen LogP contribution < -0.4 is 10.1 Å². The number of anilines is 1. The molecule has 1 fully saturated rings. The molecule has 1 amide bonds. The molecule has 0 spiro atoms. The van der Waals surface area contributed by atoms with E-state index in [1.807, 2.05) is 31.2 Å². The lowest BCUT2D eigenvalue weighted by Gasteiger charge is -2.34. The average Bonchev–Trinajstić information content (AvgIpc) is 3.28. The van der Waals surface area contributed by atoms with E-state index in [1.165, 1.54) is 12.5 Å². The first kappa shape index (κ1) is 23.9. The van der Waals surface area contributed by atoms with E-state index in [-0.39, 0.29) is 12.5 Å². The number of rotatable bonds is 9. The molecule has 1 saturated heterocycles. The predicted octanol–water partition coefficient (Wildman–Crippen LogP) is 2.56. The first-order valence-corrected chi connectivity index (χ1v) is 11.5. The van der Waals surface area contributed by atoms with Gasteiger partial charge in [0.2, 0.25) is 17.6 Å². The van der Waals surface area contributed by atoms with Crippen LogP contribution in [0.5, 0.6) is 5.75 Å². The molecule has 1 aromatic heterocycles. The highest BCUT2D eigenvalue weighted by molar-refractivity contribution is 5.88. The maximum absolute atomic E-state index is 11.1. The molecule has 0 radical (unpaired) electrons. The zero-order valence-corrected chi connectivity index (χ0v) is 19.6. The fraction of sp³-hybridized carbons (Fsp3) is 0.400. The number of amides is 1. The predicted molar refractivity (Wildman–Crippen MR) is 128 cm³/mol. The summed E-state index contributed by atoms with van der Waals surface area (Å²) in [6, 6.07) is 15.2. The molecule has 1 unspecified atom stereocenters. The molecule has 0 bridgehead atoms. The van der Waals surface area contributed by atoms with Crippen LogP contribution in [-0.4, -0.2) is 76.4 Å². The smallest absolute Gasteiger partial charge is 0.241 e. The third-order valence-electron chi connectivity index (χ3n) is 5.69. The number of β-amino-alcohol motifs (C(OH)–C–C–N with tert-alkyl or cyclic N) is 1. The number of nitrogens with one attached hydrogen (secondary N) is 1. The number of aromatic nitrogens is 2. The van der Waals surface area contributed by atoms with E-state index in [0.29, 0.717) is 36.2 Å². The van der Waals surface area contributed by atoms with Gasteiger partial charge in [0.05, 0.1) is 6.54 Å². The highest BCUT2D eigenvalue weighted by atomic mass is 16.5. The molecule has 2 aromatic carbocycles. The summed E-state index contributed by atoms with van der Waals surface area (Å²) in [5.74, 6) is 1.76. The number of carbonyl (C=O) groups excluding carboxylic acids is 1. The van der Waals surface area contributed by atoms with Gasteiger partial charge in [-0.1, -0.05) is 35.0 Å². The molecule has 0 aliphatic carbocycles. The van der Waals surface area contributed by atoms with Crippen LogP contribution in [0.2, 0.25) is 0 Å². The number of aryl methyl sites for hydroxylation is 1. The molecule has 9 heteroatoms. The maximum Gasteiger partial charge on any atom is 0.241 e. The number of aliphatic hydroxyl groups is 1. The van der Waals surface area contributed by atoms with Crippen molar-refractivity contribution >= 4 is 11.6 Å². The SMILES string of the molecule is CC(=O)Nc1ccc(OCC(O)CN2CCN(Cc3nc(-c4ccc(C)cc4)no3)CC2)cc1. The fourth-order valence-corrected chi connectivity index (χ4v) is 3.84. The van der Waals surface area contributed by atoms with Gasteiger partial charge in [-0.3, -0.25) is 14.6 Å². The van der Waals surface area contributed by atoms with Crippen molar-refractivity contribution in [1.82, 2.24) is 19.9 Å². The van der Waals surface area contributed by atoms with E-state index in [9.17, 15) is 9.90 Å². The van der Waals surface area contributed by atoms with Gasteiger partial charge in [-0.2, -0.15) is 4.98 Å². The Morgan fingerprint density at radius 3 is 2.44 bits per heavy atom. The Morgan fingerprint density at radius 1 is 1.09 bits per heavy atom. The van der Waals surface area contributed by atoms with Crippen molar-refractivity contribution < 1.29 is 19.2 Å². The first-order valence-electron chi connectivity index (χ1n) is 11.5. The van der Waals surface area contributed by atoms with E-state index in [1.54, 1.807) is 24.3 Å². The summed E-state index contributed by atoms with van der Waals surface area (Å²) in [4.78, 5) is 20.1. The quantitative estimate of drug-likeness (QED) is 0.497. The van der Waals surface area contributed by atoms with Crippen LogP contribution in [0.15, 0.2) is 53.1 Å². The van der Waals surface area contributed by atoms with Gasteiger partial charge in [-0.15, -0.1) is 0 Å². The third kappa shape index (κ3) is 6.86. The zero-order chi connectivity index (χ0) is 23.9. The van der Waals surface area contributed by atoms with Crippen molar-refractivity contribution in [3.8, 4) is 17.1 Å². The van der Waals surface area contributed by atoms with Crippen LogP contribution in [0.25, 0.3) is 11.4 Å². The van der Waals surface area contributed by atoms with Gasteiger partial charge in [-0.05, 0) is 31.2 Å². The number of benzene rings is 2. The van der Waals surface area contributed by atoms with Crippen LogP contribution in [0, 0.1) is 6.92 Å². The molecule has 34 heavy (non-hydrogen) atoms. The van der Waals surface area contributed by atoms with E-state index >= 15 is 0 Å². The molecule has 2 heterocycles. The second kappa shape index (κ2) is 11.2. The summed E-state index contributed by atoms with van der Waals surface area (Å²) in [6.45, 7) is 8.32. The topological polar surface area (TPSA) is 104 Å². The number of piperazine rings is 1. The highest BCUT2D eigenvalue weighted by Gasteiger charge is 2.21. The molecule has 9 nitrogen and oxygen atoms in total. The van der Waals surface area contributed by atoms with Crippen molar-refractivity contribution in [2.45, 2.75) is 26.5 Å². The first-order chi connectivity index (χ1) is 16.4. The number of hydrogen-bond donors (Lipinski definition) is 2. The van der Waals surface area contributed by atoms with Gasteiger partial charge >= 0.3 is 0 Å². The summed E-state index contributed by atoms with van der Waals surface area (Å²) in [6.07, 6.45) is -0.588. The molecule has 0 saturated carbocycles. The standard InChI is InChI=1S/C25H31N5O4/c1-18-3-5-20(6-4-18)25-27-24(34-28-25)16-30-13-11-29(12-14-30)15-22(32)17-33-23-9-7-21(8-10-23)26-19(2)31/h3-10,22,32H,11-17H2,1-2H3,(H,26,31). The Labute approximate surface area is 199 Å². The van der Waals surface area contributed by atoms with Crippen LogP contribution in [0.4, 0.5) is 5.69 Å². The summed E-state index contributed by atoms with van der Waals surface area (Å²) >= 11 is 0. The van der Waals surface area contributed by atoms with Crippen molar-refractivity contribution in [2.75, 3.05) is 44.6 Å². The second-order valence-electron chi connectivity index (χ2n) is 8.62. The molecule has 1 aliphatic heterocycles. The highest BCUT2D eigenvalue weighted by Crippen LogP contribution is 2.18. The number of nitrogens with zero attached hydrogens (tertiary/aromatic N) is 4. The molecule has 1 atom stereocenters. The fourth-order valence-electron chi connectivity index (χ4n) is 3.84. The molecular formula is C25H31N5O4. The van der Waals surface area contributed by atoms with Crippen LogP contribution in [0.1, 0.15) is 18.4 Å². The lowest BCUT2D eigenvalue weighted by molar-refractivity contribution is -0.114. The van der Waals surface area contributed by atoms with Gasteiger partial charge in [-0.25, -0.2) is 0 Å². The van der Waals surface area contributed by atoms with Crippen molar-refractivity contribution in [1.29, 1.82) is 0 Å². The zero-order valence-electron chi connectivity index (χ0n) is 19.6. The van der Waals surface area contributed by atoms with Gasteiger partial charge in [0.15, 0.2) is 0 Å². The van der Waals surface area contributed by atoms with Crippen molar-refractivity contribution in [2.24, 2.45) is 0 Å². The van der Waals surface area contributed by atoms with E-state index in [2.05, 4.69) is 25.3 Å². The summed E-state index contributed by atoms with van der Waals surface area (Å²) in [5.41, 5.74) is 2.86. The lowest BCUT2D eigenvalue weighted by Crippen LogP contribution is -2.48. The minimum atomic E-state index is -0.588. The Kier molecular flexibility index (Phi) is 7.89. The Morgan fingerprint density at radius 2 is 1.76 bits per heavy atom. The summed E-state index contributed by atoms with van der Waals surface area (Å²) in [7, 11) is 0. The largest absolute Gasteiger partial charge is 0.491 e. The Balaban J connectivity index is 1.17. The van der Waals surface area contributed by atoms with Crippen LogP contribution in [-0.2, 0) is 11.3 Å². The monoisotopic (exact) mass is 465 g/mol. The number of aliphatic hydroxyl groups excluding tert-OH is 1. The normalized spacial score (nSPS) is 15.7. The Hall–Kier alpha value is -3.27. The molecule has 180 valence electrons. The molecule has 2 N–H and O–H groups in total. The van der Waals surface area contributed by atoms with E-state index < -0.39 is 6.10 Å². The number of ether oxygens (including phenoxy) is 1. The van der Waals surface area contributed by atoms with E-state index in [0.717, 1.165) is 31.7 Å². The van der Waals surface area contributed by atoms with Gasteiger partial charge in [0.1, 0.15) is 18.5 Å². The molecule has 3 aromatic rings. The Bertz CT molecular complexity index is 1060. The van der Waals surface area contributed by atoms with Crippen LogP contribution in [0.3, 0.4) is 0 Å². The minimum absolute atomic E-state index is 0.117. The molecule has 4 rings (SSSR count). The lowest BCUT2D eigenvalue weighted by atomic mass is 10.1. The average molecular weight is 466 g/mol. The minimum Gasteiger partial charge on any atom is -0.491 e. The molecular weight excluding hydrogens is 434 g/mol. The third-order valence-corrected chi connectivity index (χ3v) is 5.69. The maximum atomic E-state index is 11.1. The van der Waals surface area contributed by atoms with Crippen molar-refractivity contribution in [3.63, 3.8) is 0 Å². The number of carbonyl (C=O) groups is 1. The van der Waals surface area contributed by atoms with Crippen LogP contribution >= 0.6 is 0 Å². The number of hydrogen-bond acceptors (Lipinski definition) is 8. The van der Waals surface area contributed by atoms with Gasteiger partial charge in [0.25, 0.3) is 0 Å². The molecule has 1 aliphatic rings. The summed E-state index contributed by atoms with van der Waals surface area (Å²) in [5, 5.41) is 17.2. The second-order valence-corrected chi connectivity index (χ2v) is 8.62. The van der Waals surface area contributed by atoms with Gasteiger partial charge < -0.3 is 19.7 Å². The van der Waals surface area contributed by atoms with Crippen molar-refractivity contribution in [3.05, 3.63) is 60.0 Å². The van der Waals surface area contributed by atoms with Gasteiger partial charge in [0, 0.05) is 50.9 Å².